The van der Waals surface area contributed by atoms with Gasteiger partial charge >= 0.3 is 6.03 Å². The van der Waals surface area contributed by atoms with Crippen molar-refractivity contribution < 1.29 is 14.4 Å². The van der Waals surface area contributed by atoms with Crippen LogP contribution in [0.3, 0.4) is 0 Å². The van der Waals surface area contributed by atoms with Gasteiger partial charge in [0.05, 0.1) is 10.6 Å². The van der Waals surface area contributed by atoms with Gasteiger partial charge in [0, 0.05) is 36.9 Å². The number of likely N-dealkylation sites (tertiary alicyclic amines) is 2. The average molecular weight is 517 g/mol. The second kappa shape index (κ2) is 11.8. The number of rotatable bonds is 5. The highest BCUT2D eigenvalue weighted by atomic mass is 35.5. The first-order valence-corrected chi connectivity index (χ1v) is 12.8. The number of carbonyl (C=O) groups is 3. The largest absolute Gasteiger partial charge is 0.341 e. The summed E-state index contributed by atoms with van der Waals surface area (Å²) in [7, 11) is 0. The molecule has 0 spiro atoms. The highest BCUT2D eigenvalue weighted by Gasteiger charge is 2.36. The lowest BCUT2D eigenvalue weighted by Crippen LogP contribution is -2.55. The minimum absolute atomic E-state index is 0.0491. The van der Waals surface area contributed by atoms with E-state index in [1.54, 1.807) is 53.4 Å². The molecule has 2 saturated heterocycles. The van der Waals surface area contributed by atoms with Gasteiger partial charge in [-0.1, -0.05) is 41.4 Å². The zero-order chi connectivity index (χ0) is 24.8. The fraction of sp³-hybridized carbons (Fsp3) is 0.423. The predicted octanol–water partition coefficient (Wildman–Crippen LogP) is 5.05. The first kappa shape index (κ1) is 25.3. The van der Waals surface area contributed by atoms with E-state index in [0.717, 1.165) is 19.3 Å². The summed E-state index contributed by atoms with van der Waals surface area (Å²) in [5.41, 5.74) is 0.985. The molecular weight excluding hydrogens is 487 g/mol. The van der Waals surface area contributed by atoms with Crippen LogP contribution >= 0.6 is 23.2 Å². The van der Waals surface area contributed by atoms with Crippen LogP contribution in [-0.4, -0.2) is 59.9 Å². The fourth-order valence-electron chi connectivity index (χ4n) is 4.76. The van der Waals surface area contributed by atoms with E-state index in [1.165, 1.54) is 0 Å². The van der Waals surface area contributed by atoms with Crippen molar-refractivity contribution >= 4 is 46.7 Å². The molecule has 4 amide bonds. The van der Waals surface area contributed by atoms with E-state index in [-0.39, 0.29) is 23.8 Å². The Morgan fingerprint density at radius 2 is 1.57 bits per heavy atom. The average Bonchev–Trinajstić information content (AvgIpc) is 2.87. The summed E-state index contributed by atoms with van der Waals surface area (Å²) in [6.07, 6.45) is 4.27. The van der Waals surface area contributed by atoms with E-state index in [9.17, 15) is 14.4 Å². The molecule has 0 saturated carbocycles. The Morgan fingerprint density at radius 1 is 0.857 bits per heavy atom. The number of nitrogens with one attached hydrogen (secondary N) is 2. The summed E-state index contributed by atoms with van der Waals surface area (Å²) in [4.78, 5) is 42.9. The molecule has 0 aliphatic carbocycles. The van der Waals surface area contributed by atoms with Gasteiger partial charge in [-0.25, -0.2) is 4.79 Å². The van der Waals surface area contributed by atoms with E-state index < -0.39 is 6.04 Å². The maximum absolute atomic E-state index is 13.5. The Morgan fingerprint density at radius 3 is 2.26 bits per heavy atom. The van der Waals surface area contributed by atoms with Gasteiger partial charge in [0.25, 0.3) is 5.91 Å². The molecule has 2 N–H and O–H groups in total. The van der Waals surface area contributed by atoms with Crippen molar-refractivity contribution in [2.75, 3.05) is 31.5 Å². The van der Waals surface area contributed by atoms with Gasteiger partial charge in [0.15, 0.2) is 0 Å². The normalized spacial score (nSPS) is 17.5. The molecule has 4 rings (SSSR count). The maximum atomic E-state index is 13.5. The monoisotopic (exact) mass is 516 g/mol. The molecule has 0 radical (unpaired) electrons. The van der Waals surface area contributed by atoms with E-state index in [2.05, 4.69) is 10.6 Å². The van der Waals surface area contributed by atoms with Crippen LogP contribution < -0.4 is 10.6 Å². The van der Waals surface area contributed by atoms with Crippen LogP contribution in [0.4, 0.5) is 10.5 Å². The van der Waals surface area contributed by atoms with Crippen molar-refractivity contribution in [1.82, 2.24) is 15.1 Å². The summed E-state index contributed by atoms with van der Waals surface area (Å²) in [5.74, 6) is -0.481. The summed E-state index contributed by atoms with van der Waals surface area (Å²) in [6.45, 7) is 2.39. The van der Waals surface area contributed by atoms with Crippen LogP contribution in [0.1, 0.15) is 42.5 Å². The number of urea groups is 1. The standard InChI is InChI=1S/C26H30Cl2N4O3/c27-19-7-6-8-20(17-19)29-26(35)32-15-11-18(12-16-32)23(25(34)31-13-4-1-5-14-31)30-24(33)21-9-2-3-10-22(21)28/h2-3,6-10,17-18,23H,1,4-5,11-16H2,(H,29,35)(H,30,33). The topological polar surface area (TPSA) is 81.8 Å². The minimum atomic E-state index is -0.657. The highest BCUT2D eigenvalue weighted by Crippen LogP contribution is 2.25. The van der Waals surface area contributed by atoms with Crippen molar-refractivity contribution in [2.24, 2.45) is 5.92 Å². The summed E-state index contributed by atoms with van der Waals surface area (Å²) >= 11 is 12.2. The smallest absolute Gasteiger partial charge is 0.321 e. The van der Waals surface area contributed by atoms with E-state index in [0.29, 0.717) is 60.3 Å². The number of benzene rings is 2. The third kappa shape index (κ3) is 6.47. The Labute approximate surface area is 215 Å². The molecule has 2 fully saturated rings. The minimum Gasteiger partial charge on any atom is -0.341 e. The van der Waals surface area contributed by atoms with E-state index in [1.807, 2.05) is 4.90 Å². The van der Waals surface area contributed by atoms with Crippen molar-refractivity contribution in [3.05, 3.63) is 64.1 Å². The molecule has 186 valence electrons. The van der Waals surface area contributed by atoms with Crippen molar-refractivity contribution in [1.29, 1.82) is 0 Å². The predicted molar refractivity (Wildman–Crippen MR) is 138 cm³/mol. The first-order valence-electron chi connectivity index (χ1n) is 12.1. The first-order chi connectivity index (χ1) is 16.9. The summed E-state index contributed by atoms with van der Waals surface area (Å²) < 4.78 is 0. The number of nitrogens with zero attached hydrogens (tertiary/aromatic N) is 2. The quantitative estimate of drug-likeness (QED) is 0.583. The van der Waals surface area contributed by atoms with E-state index in [4.69, 9.17) is 23.2 Å². The van der Waals surface area contributed by atoms with Crippen LogP contribution in [0.25, 0.3) is 0 Å². The molecule has 2 heterocycles. The molecule has 9 heteroatoms. The number of carbonyl (C=O) groups excluding carboxylic acids is 3. The van der Waals surface area contributed by atoms with Gasteiger partial charge in [-0.05, 0) is 68.4 Å². The lowest BCUT2D eigenvalue weighted by Gasteiger charge is -2.38. The molecule has 7 nitrogen and oxygen atoms in total. The second-order valence-corrected chi connectivity index (χ2v) is 9.93. The van der Waals surface area contributed by atoms with Gasteiger partial charge in [0.2, 0.25) is 5.91 Å². The molecule has 0 aromatic heterocycles. The number of amides is 4. The van der Waals surface area contributed by atoms with Crippen LogP contribution in [0.5, 0.6) is 0 Å². The third-order valence-electron chi connectivity index (χ3n) is 6.71. The van der Waals surface area contributed by atoms with Crippen molar-refractivity contribution in [3.63, 3.8) is 0 Å². The van der Waals surface area contributed by atoms with Crippen LogP contribution in [-0.2, 0) is 4.79 Å². The van der Waals surface area contributed by atoms with Crippen molar-refractivity contribution in [3.8, 4) is 0 Å². The Bertz CT molecular complexity index is 1070. The number of anilines is 1. The number of hydrogen-bond acceptors (Lipinski definition) is 3. The molecule has 2 aliphatic rings. The number of hydrogen-bond donors (Lipinski definition) is 2. The molecular formula is C26H30Cl2N4O3. The molecule has 35 heavy (non-hydrogen) atoms. The zero-order valence-corrected chi connectivity index (χ0v) is 21.0. The van der Waals surface area contributed by atoms with Gasteiger partial charge in [-0.3, -0.25) is 9.59 Å². The number of piperidine rings is 2. The van der Waals surface area contributed by atoms with Crippen LogP contribution in [0.2, 0.25) is 10.0 Å². The summed E-state index contributed by atoms with van der Waals surface area (Å²) in [5, 5.41) is 6.76. The SMILES string of the molecule is O=C(NC(C(=O)N1CCCCC1)C1CCN(C(=O)Nc2cccc(Cl)c2)CC1)c1ccccc1Cl. The van der Waals surface area contributed by atoms with Crippen LogP contribution in [0.15, 0.2) is 48.5 Å². The molecule has 0 bridgehead atoms. The lowest BCUT2D eigenvalue weighted by atomic mass is 9.88. The fourth-order valence-corrected chi connectivity index (χ4v) is 5.17. The molecule has 1 atom stereocenters. The van der Waals surface area contributed by atoms with Gasteiger partial charge < -0.3 is 20.4 Å². The van der Waals surface area contributed by atoms with Gasteiger partial charge in [0.1, 0.15) is 6.04 Å². The van der Waals surface area contributed by atoms with Crippen LogP contribution in [0, 0.1) is 5.92 Å². The Hall–Kier alpha value is -2.77. The highest BCUT2D eigenvalue weighted by molar-refractivity contribution is 6.33. The molecule has 2 aromatic rings. The lowest BCUT2D eigenvalue weighted by molar-refractivity contribution is -0.136. The van der Waals surface area contributed by atoms with Crippen molar-refractivity contribution in [2.45, 2.75) is 38.1 Å². The van der Waals surface area contributed by atoms with E-state index >= 15 is 0 Å². The maximum Gasteiger partial charge on any atom is 0.321 e. The number of halogens is 2. The third-order valence-corrected chi connectivity index (χ3v) is 7.28. The van der Waals surface area contributed by atoms with Gasteiger partial charge in [-0.15, -0.1) is 0 Å². The molecule has 2 aliphatic heterocycles. The molecule has 1 unspecified atom stereocenters. The Kier molecular flexibility index (Phi) is 8.52. The summed E-state index contributed by atoms with van der Waals surface area (Å²) in [6, 6.07) is 13.0. The zero-order valence-electron chi connectivity index (χ0n) is 19.5. The Balaban J connectivity index is 1.43. The second-order valence-electron chi connectivity index (χ2n) is 9.08. The van der Waals surface area contributed by atoms with Gasteiger partial charge in [-0.2, -0.15) is 0 Å². The molecule has 2 aromatic carbocycles.